The predicted molar refractivity (Wildman–Crippen MR) is 147 cm³/mol. The highest BCUT2D eigenvalue weighted by molar-refractivity contribution is 7.99. The number of furan rings is 1. The van der Waals surface area contributed by atoms with Gasteiger partial charge in [-0.1, -0.05) is 30.0 Å². The highest BCUT2D eigenvalue weighted by Crippen LogP contribution is 2.29. The first-order valence-electron chi connectivity index (χ1n) is 12.7. The summed E-state index contributed by atoms with van der Waals surface area (Å²) in [5.74, 6) is 2.90. The van der Waals surface area contributed by atoms with Gasteiger partial charge in [0, 0.05) is 47.9 Å². The van der Waals surface area contributed by atoms with Crippen LogP contribution in [0.25, 0.3) is 33.3 Å². The second-order valence-corrected chi connectivity index (χ2v) is 10.8. The van der Waals surface area contributed by atoms with E-state index in [1.165, 1.54) is 16.5 Å². The lowest BCUT2D eigenvalue weighted by atomic mass is 10.0. The highest BCUT2D eigenvalue weighted by atomic mass is 32.2. The first kappa shape index (κ1) is 23.3. The molecule has 184 valence electrons. The van der Waals surface area contributed by atoms with Crippen LogP contribution in [0, 0.1) is 13.8 Å². The lowest BCUT2D eigenvalue weighted by molar-refractivity contribution is 0.289. The van der Waals surface area contributed by atoms with E-state index in [4.69, 9.17) is 4.42 Å². The van der Waals surface area contributed by atoms with Crippen LogP contribution in [0.1, 0.15) is 29.0 Å². The van der Waals surface area contributed by atoms with Crippen molar-refractivity contribution in [3.63, 3.8) is 0 Å². The Morgan fingerprint density at radius 2 is 1.81 bits per heavy atom. The molecule has 1 aliphatic heterocycles. The molecule has 0 radical (unpaired) electrons. The maximum Gasteiger partial charge on any atom is 0.191 e. The molecule has 4 heterocycles. The summed E-state index contributed by atoms with van der Waals surface area (Å²) in [5, 5.41) is 12.3. The van der Waals surface area contributed by atoms with E-state index in [9.17, 15) is 0 Å². The van der Waals surface area contributed by atoms with Crippen LogP contribution in [-0.2, 0) is 19.9 Å². The van der Waals surface area contributed by atoms with Crippen LogP contribution >= 0.6 is 11.8 Å². The van der Waals surface area contributed by atoms with Gasteiger partial charge in [0.2, 0.25) is 0 Å². The summed E-state index contributed by atoms with van der Waals surface area (Å²) in [6.07, 6.45) is 3.32. The summed E-state index contributed by atoms with van der Waals surface area (Å²) in [7, 11) is 2.06. The molecule has 0 aliphatic carbocycles. The molecule has 3 aromatic heterocycles. The fourth-order valence-electron chi connectivity index (χ4n) is 5.25. The zero-order chi connectivity index (χ0) is 24.6. The predicted octanol–water partition coefficient (Wildman–Crippen LogP) is 5.98. The van der Waals surface area contributed by atoms with Crippen molar-refractivity contribution >= 4 is 33.6 Å². The van der Waals surface area contributed by atoms with Crippen molar-refractivity contribution in [2.24, 2.45) is 7.05 Å². The molecule has 0 saturated heterocycles. The molecule has 7 heteroatoms. The van der Waals surface area contributed by atoms with Crippen molar-refractivity contribution in [2.75, 3.05) is 25.4 Å². The summed E-state index contributed by atoms with van der Waals surface area (Å²) >= 11 is 1.79. The van der Waals surface area contributed by atoms with E-state index < -0.39 is 0 Å². The van der Waals surface area contributed by atoms with E-state index in [0.29, 0.717) is 0 Å². The third-order valence-electron chi connectivity index (χ3n) is 7.15. The molecule has 5 aromatic rings. The smallest absolute Gasteiger partial charge is 0.191 e. The largest absolute Gasteiger partial charge is 0.461 e. The number of rotatable bonds is 6. The molecule has 0 atom stereocenters. The van der Waals surface area contributed by atoms with Gasteiger partial charge in [-0.2, -0.15) is 0 Å². The van der Waals surface area contributed by atoms with Gasteiger partial charge in [-0.25, -0.2) is 0 Å². The average Bonchev–Trinajstić information content (AvgIpc) is 3.35. The van der Waals surface area contributed by atoms with Gasteiger partial charge in [0.1, 0.15) is 11.3 Å². The lowest BCUT2D eigenvalue weighted by Gasteiger charge is -2.19. The summed E-state index contributed by atoms with van der Waals surface area (Å²) < 4.78 is 7.97. The van der Waals surface area contributed by atoms with Crippen molar-refractivity contribution in [2.45, 2.75) is 38.3 Å². The van der Waals surface area contributed by atoms with Crippen molar-refractivity contribution in [1.29, 1.82) is 0 Å². The molecule has 0 spiro atoms. The minimum atomic E-state index is 0.889. The Bertz CT molecular complexity index is 1510. The Morgan fingerprint density at radius 1 is 0.972 bits per heavy atom. The SMILES string of the molecule is Cc1ccc2c(-c3nnc(SCCCN4CCc5cc6cc(C)oc6cc5CC4)n3C)cccc2n1. The zero-order valence-electron chi connectivity index (χ0n) is 21.1. The molecule has 1 aliphatic rings. The fourth-order valence-corrected chi connectivity index (χ4v) is 6.08. The molecule has 2 aromatic carbocycles. The Hall–Kier alpha value is -3.16. The number of hydrogen-bond donors (Lipinski definition) is 0. The first-order chi connectivity index (χ1) is 17.5. The van der Waals surface area contributed by atoms with Crippen molar-refractivity contribution in [3.05, 3.63) is 71.1 Å². The number of aryl methyl sites for hydroxylation is 2. The van der Waals surface area contributed by atoms with E-state index in [1.54, 1.807) is 11.8 Å². The van der Waals surface area contributed by atoms with Gasteiger partial charge in [-0.15, -0.1) is 10.2 Å². The van der Waals surface area contributed by atoms with E-state index in [2.05, 4.69) is 74.2 Å². The molecule has 6 rings (SSSR count). The lowest BCUT2D eigenvalue weighted by Crippen LogP contribution is -2.27. The van der Waals surface area contributed by atoms with Crippen molar-refractivity contribution < 1.29 is 4.42 Å². The molecule has 0 fully saturated rings. The third kappa shape index (κ3) is 4.53. The van der Waals surface area contributed by atoms with Crippen LogP contribution in [0.5, 0.6) is 0 Å². The van der Waals surface area contributed by atoms with Crippen LogP contribution in [0.3, 0.4) is 0 Å². The van der Waals surface area contributed by atoms with Gasteiger partial charge in [0.25, 0.3) is 0 Å². The summed E-state index contributed by atoms with van der Waals surface area (Å²) in [6.45, 7) is 7.37. The fraction of sp³-hybridized carbons (Fsp3) is 0.345. The quantitative estimate of drug-likeness (QED) is 0.213. The van der Waals surface area contributed by atoms with E-state index >= 15 is 0 Å². The maximum absolute atomic E-state index is 5.86. The number of hydrogen-bond acceptors (Lipinski definition) is 6. The Morgan fingerprint density at radius 3 is 2.67 bits per heavy atom. The van der Waals surface area contributed by atoms with Gasteiger partial charge < -0.3 is 13.9 Å². The van der Waals surface area contributed by atoms with Gasteiger partial charge >= 0.3 is 0 Å². The molecule has 6 nitrogen and oxygen atoms in total. The van der Waals surface area contributed by atoms with Crippen LogP contribution < -0.4 is 0 Å². The molecule has 0 saturated carbocycles. The molecule has 0 unspecified atom stereocenters. The monoisotopic (exact) mass is 497 g/mol. The van der Waals surface area contributed by atoms with Gasteiger partial charge in [-0.3, -0.25) is 4.98 Å². The van der Waals surface area contributed by atoms with E-state index in [1.807, 2.05) is 19.9 Å². The van der Waals surface area contributed by atoms with Crippen molar-refractivity contribution in [1.82, 2.24) is 24.6 Å². The van der Waals surface area contributed by atoms with Crippen LogP contribution in [-0.4, -0.2) is 50.0 Å². The second kappa shape index (κ2) is 9.71. The summed E-state index contributed by atoms with van der Waals surface area (Å²) in [5.41, 5.74) is 7.03. The normalized spacial score (nSPS) is 14.4. The number of fused-ring (bicyclic) bond motifs is 3. The van der Waals surface area contributed by atoms with Crippen LogP contribution in [0.2, 0.25) is 0 Å². The average molecular weight is 498 g/mol. The molecule has 0 N–H and O–H groups in total. The van der Waals surface area contributed by atoms with Gasteiger partial charge in [0.15, 0.2) is 11.0 Å². The second-order valence-electron chi connectivity index (χ2n) is 9.75. The van der Waals surface area contributed by atoms with E-state index in [-0.39, 0.29) is 0 Å². The van der Waals surface area contributed by atoms with Crippen LogP contribution in [0.4, 0.5) is 0 Å². The Labute approximate surface area is 215 Å². The first-order valence-corrected chi connectivity index (χ1v) is 13.7. The molecule has 36 heavy (non-hydrogen) atoms. The number of nitrogens with zero attached hydrogens (tertiary/aromatic N) is 5. The Kier molecular flexibility index (Phi) is 6.27. The summed E-state index contributed by atoms with van der Waals surface area (Å²) in [6, 6.07) is 17.1. The number of thioether (sulfide) groups is 1. The number of pyridine rings is 1. The topological polar surface area (TPSA) is 60.0 Å². The maximum atomic E-state index is 5.86. The van der Waals surface area contributed by atoms with Gasteiger partial charge in [0.05, 0.1) is 5.52 Å². The molecular weight excluding hydrogens is 466 g/mol. The molecule has 0 amide bonds. The minimum Gasteiger partial charge on any atom is -0.461 e. The zero-order valence-corrected chi connectivity index (χ0v) is 21.9. The Balaban J connectivity index is 1.06. The summed E-state index contributed by atoms with van der Waals surface area (Å²) in [4.78, 5) is 7.26. The molecule has 0 bridgehead atoms. The van der Waals surface area contributed by atoms with Crippen LogP contribution in [0.15, 0.2) is 58.1 Å². The number of aromatic nitrogens is 4. The molecular formula is C29H31N5OS. The highest BCUT2D eigenvalue weighted by Gasteiger charge is 2.17. The van der Waals surface area contributed by atoms with Gasteiger partial charge in [-0.05, 0) is 81.1 Å². The van der Waals surface area contributed by atoms with E-state index in [0.717, 1.165) is 89.1 Å². The van der Waals surface area contributed by atoms with Crippen molar-refractivity contribution in [3.8, 4) is 11.4 Å². The number of benzene rings is 2. The minimum absolute atomic E-state index is 0.889. The standard InChI is InChI=1S/C29H31N5OS/c1-19-8-9-24-25(6-4-7-26(24)30-19)28-31-32-29(33(28)3)36-15-5-12-34-13-10-21-17-23-16-20(2)35-27(23)18-22(21)11-14-34/h4,6-9,16-18H,5,10-15H2,1-3H3. The third-order valence-corrected chi connectivity index (χ3v) is 8.26.